The van der Waals surface area contributed by atoms with Gasteiger partial charge in [0.05, 0.1) is 6.04 Å². The molecule has 10 nitrogen and oxygen atoms in total. The fourth-order valence-corrected chi connectivity index (χ4v) is 4.02. The molecule has 1 atom stereocenters. The van der Waals surface area contributed by atoms with Crippen molar-refractivity contribution in [2.75, 3.05) is 17.7 Å². The Kier molecular flexibility index (Phi) is 6.46. The minimum absolute atomic E-state index is 0.0259. The van der Waals surface area contributed by atoms with Crippen LogP contribution in [0.5, 0.6) is 0 Å². The normalized spacial score (nSPS) is 14.8. The van der Waals surface area contributed by atoms with Gasteiger partial charge in [-0.1, -0.05) is 18.1 Å². The zero-order chi connectivity index (χ0) is 25.1. The third-order valence-corrected chi connectivity index (χ3v) is 5.60. The monoisotopic (exact) mass is 475 g/mol. The number of amides is 3. The number of nitrogen functional groups attached to an aromatic ring is 1. The number of likely N-dealkylation sites (tertiary alicyclic amines) is 1. The smallest absolute Gasteiger partial charge is 0.299 e. The number of halogens is 1. The second-order valence-electron chi connectivity index (χ2n) is 7.82. The highest BCUT2D eigenvalue weighted by atomic mass is 19.1. The Bertz CT molecular complexity index is 1370. The molecule has 11 heteroatoms. The van der Waals surface area contributed by atoms with E-state index in [0.717, 1.165) is 17.2 Å². The molecule has 1 fully saturated rings. The molecule has 3 heterocycles. The van der Waals surface area contributed by atoms with Crippen molar-refractivity contribution in [3.05, 3.63) is 65.5 Å². The summed E-state index contributed by atoms with van der Waals surface area (Å²) in [6.45, 7) is 2.07. The molecule has 0 radical (unpaired) electrons. The van der Waals surface area contributed by atoms with Gasteiger partial charge in [0.2, 0.25) is 0 Å². The molecule has 1 aliphatic heterocycles. The van der Waals surface area contributed by atoms with Crippen molar-refractivity contribution in [1.29, 1.82) is 0 Å². The van der Waals surface area contributed by atoms with E-state index in [-0.39, 0.29) is 28.7 Å². The molecular formula is C24H22FN7O3. The number of nitrogens with zero attached hydrogens (tertiary/aromatic N) is 4. The molecule has 4 rings (SSSR count). The van der Waals surface area contributed by atoms with Crippen LogP contribution in [0.1, 0.15) is 52.5 Å². The molecule has 1 saturated heterocycles. The summed E-state index contributed by atoms with van der Waals surface area (Å²) in [7, 11) is 0. The minimum atomic E-state index is -0.788. The van der Waals surface area contributed by atoms with Crippen molar-refractivity contribution in [2.45, 2.75) is 25.8 Å². The number of nitrogens with two attached hydrogens (primary N) is 2. The lowest BCUT2D eigenvalue weighted by Crippen LogP contribution is -2.33. The molecular weight excluding hydrogens is 453 g/mol. The number of pyridine rings is 1. The number of hydrogen-bond acceptors (Lipinski definition) is 6. The molecule has 5 N–H and O–H groups in total. The number of anilines is 1. The summed E-state index contributed by atoms with van der Waals surface area (Å²) in [5.74, 6) is 9.57. The highest BCUT2D eigenvalue weighted by molar-refractivity contribution is 6.04. The molecule has 178 valence electrons. The van der Waals surface area contributed by atoms with Crippen LogP contribution < -0.4 is 16.9 Å². The molecule has 35 heavy (non-hydrogen) atoms. The lowest BCUT2D eigenvalue weighted by atomic mass is 10.1. The van der Waals surface area contributed by atoms with Crippen molar-refractivity contribution in [3.8, 4) is 23.1 Å². The molecule has 0 spiro atoms. The number of carbonyl (C=O) groups is 3. The molecule has 3 amide bonds. The molecule has 0 saturated carbocycles. The Morgan fingerprint density at radius 1 is 1.20 bits per heavy atom. The Balaban J connectivity index is 1.64. The second kappa shape index (κ2) is 9.64. The molecule has 0 bridgehead atoms. The van der Waals surface area contributed by atoms with Gasteiger partial charge in [-0.3, -0.25) is 14.4 Å². The van der Waals surface area contributed by atoms with Crippen molar-refractivity contribution in [3.63, 3.8) is 0 Å². The van der Waals surface area contributed by atoms with E-state index in [1.54, 1.807) is 24.0 Å². The van der Waals surface area contributed by atoms with Gasteiger partial charge in [0.15, 0.2) is 11.5 Å². The summed E-state index contributed by atoms with van der Waals surface area (Å²) in [5, 5.41) is 2.51. The van der Waals surface area contributed by atoms with Crippen LogP contribution in [0.3, 0.4) is 0 Å². The van der Waals surface area contributed by atoms with Crippen LogP contribution in [0.2, 0.25) is 0 Å². The fourth-order valence-electron chi connectivity index (χ4n) is 4.02. The van der Waals surface area contributed by atoms with E-state index in [9.17, 15) is 18.8 Å². The van der Waals surface area contributed by atoms with Crippen molar-refractivity contribution < 1.29 is 18.8 Å². The Labute approximate surface area is 200 Å². The molecule has 0 aliphatic carbocycles. The Hall–Kier alpha value is -4.72. The fraction of sp³-hybridized carbons (Fsp3) is 0.208. The zero-order valence-corrected chi connectivity index (χ0v) is 18.8. The number of hydrogen-bond donors (Lipinski definition) is 3. The number of nitrogens with one attached hydrogen (secondary N) is 1. The van der Waals surface area contributed by atoms with Gasteiger partial charge < -0.3 is 21.8 Å². The standard InChI is InChI=1S/C24H22FN7O3/c1-2-4-19(33)31-12-3-5-17(31)23-30-20(21(22(26)34)32(23)27)14-6-8-15(9-7-14)24(35)29-18-13-16(25)10-11-28-18/h6-11,13,17H,3,5,12,27H2,1H3,(H2,26,34)(H,28,29,35). The molecule has 3 aromatic rings. The first-order valence-corrected chi connectivity index (χ1v) is 10.7. The first kappa shape index (κ1) is 23.4. The van der Waals surface area contributed by atoms with Crippen LogP contribution in [0.15, 0.2) is 42.6 Å². The topological polar surface area (TPSA) is 149 Å². The average Bonchev–Trinajstić information content (AvgIpc) is 3.44. The maximum absolute atomic E-state index is 13.3. The van der Waals surface area contributed by atoms with Gasteiger partial charge in [-0.2, -0.15) is 0 Å². The van der Waals surface area contributed by atoms with Gasteiger partial charge in [-0.05, 0) is 43.9 Å². The maximum Gasteiger partial charge on any atom is 0.299 e. The largest absolute Gasteiger partial charge is 0.364 e. The molecule has 1 unspecified atom stereocenters. The van der Waals surface area contributed by atoms with E-state index in [0.29, 0.717) is 24.4 Å². The van der Waals surface area contributed by atoms with Crippen LogP contribution in [0.4, 0.5) is 10.2 Å². The lowest BCUT2D eigenvalue weighted by Gasteiger charge is -2.21. The summed E-state index contributed by atoms with van der Waals surface area (Å²) in [6, 6.07) is 8.04. The van der Waals surface area contributed by atoms with Gasteiger partial charge in [0.25, 0.3) is 17.7 Å². The summed E-state index contributed by atoms with van der Waals surface area (Å²) in [5.41, 5.74) is 6.57. The summed E-state index contributed by atoms with van der Waals surface area (Å²) in [6.07, 6.45) is 2.59. The second-order valence-corrected chi connectivity index (χ2v) is 7.82. The third-order valence-electron chi connectivity index (χ3n) is 5.60. The highest BCUT2D eigenvalue weighted by Crippen LogP contribution is 2.34. The van der Waals surface area contributed by atoms with Gasteiger partial charge >= 0.3 is 0 Å². The predicted molar refractivity (Wildman–Crippen MR) is 126 cm³/mol. The van der Waals surface area contributed by atoms with E-state index in [2.05, 4.69) is 27.1 Å². The Morgan fingerprint density at radius 3 is 2.60 bits per heavy atom. The highest BCUT2D eigenvalue weighted by Gasteiger charge is 2.35. The third kappa shape index (κ3) is 4.67. The maximum atomic E-state index is 13.3. The quantitative estimate of drug-likeness (QED) is 0.379. The predicted octanol–water partition coefficient (Wildman–Crippen LogP) is 1.84. The molecule has 1 aliphatic rings. The SMILES string of the molecule is CC#CC(=O)N1CCCC1c1nc(-c2ccc(C(=O)Nc3cc(F)ccn3)cc2)c(C(N)=O)n1N. The summed E-state index contributed by atoms with van der Waals surface area (Å²) in [4.78, 5) is 47.2. The minimum Gasteiger partial charge on any atom is -0.364 e. The van der Waals surface area contributed by atoms with Crippen molar-refractivity contribution in [2.24, 2.45) is 5.73 Å². The van der Waals surface area contributed by atoms with Gasteiger partial charge in [-0.25, -0.2) is 19.0 Å². The van der Waals surface area contributed by atoms with Crippen molar-refractivity contribution in [1.82, 2.24) is 19.5 Å². The number of rotatable bonds is 5. The lowest BCUT2D eigenvalue weighted by molar-refractivity contribution is -0.126. The van der Waals surface area contributed by atoms with Crippen LogP contribution in [-0.4, -0.2) is 43.8 Å². The molecule has 1 aromatic carbocycles. The van der Waals surface area contributed by atoms with E-state index in [1.807, 2.05) is 0 Å². The number of benzene rings is 1. The van der Waals surface area contributed by atoms with Gasteiger partial charge in [-0.15, -0.1) is 0 Å². The van der Waals surface area contributed by atoms with E-state index >= 15 is 0 Å². The van der Waals surface area contributed by atoms with E-state index < -0.39 is 23.7 Å². The van der Waals surface area contributed by atoms with Crippen LogP contribution in [-0.2, 0) is 4.79 Å². The summed E-state index contributed by atoms with van der Waals surface area (Å²) >= 11 is 0. The van der Waals surface area contributed by atoms with E-state index in [1.165, 1.54) is 24.4 Å². The molecule has 2 aromatic heterocycles. The number of aromatic nitrogens is 3. The van der Waals surface area contributed by atoms with Crippen LogP contribution >= 0.6 is 0 Å². The van der Waals surface area contributed by atoms with Gasteiger partial charge in [0, 0.05) is 29.9 Å². The summed E-state index contributed by atoms with van der Waals surface area (Å²) < 4.78 is 14.5. The Morgan fingerprint density at radius 2 is 1.94 bits per heavy atom. The number of primary amides is 1. The number of carbonyl (C=O) groups excluding carboxylic acids is 3. The van der Waals surface area contributed by atoms with Crippen LogP contribution in [0.25, 0.3) is 11.3 Å². The first-order chi connectivity index (χ1) is 16.8. The zero-order valence-electron chi connectivity index (χ0n) is 18.8. The van der Waals surface area contributed by atoms with E-state index in [4.69, 9.17) is 11.6 Å². The first-order valence-electron chi connectivity index (χ1n) is 10.7. The van der Waals surface area contributed by atoms with Crippen molar-refractivity contribution >= 4 is 23.5 Å². The van der Waals surface area contributed by atoms with Crippen LogP contribution in [0, 0.1) is 17.7 Å². The number of imidazole rings is 1. The average molecular weight is 475 g/mol. The van der Waals surface area contributed by atoms with Gasteiger partial charge in [0.1, 0.15) is 17.3 Å².